The average molecular weight is 372 g/mol. The van der Waals surface area contributed by atoms with Gasteiger partial charge >= 0.3 is 0 Å². The molecule has 6 heteroatoms. The Kier molecular flexibility index (Phi) is 5.35. The molecule has 2 fully saturated rings. The molecule has 3 heterocycles. The van der Waals surface area contributed by atoms with Crippen LogP contribution in [0, 0.1) is 6.92 Å². The Morgan fingerprint density at radius 2 is 1.78 bits per heavy atom. The SMILES string of the molecule is Cc1nc2c(c(N(C)CC3(N4CCCCC4)CCCCC3)n1)CCNC2=O. The van der Waals surface area contributed by atoms with Crippen molar-refractivity contribution in [1.29, 1.82) is 0 Å². The molecule has 0 atom stereocenters. The molecule has 0 bridgehead atoms. The third kappa shape index (κ3) is 3.68. The van der Waals surface area contributed by atoms with Crippen molar-refractivity contribution in [1.82, 2.24) is 20.2 Å². The molecule has 148 valence electrons. The summed E-state index contributed by atoms with van der Waals surface area (Å²) in [4.78, 5) is 26.6. The Bertz CT molecular complexity index is 692. The number of nitrogens with zero attached hydrogens (tertiary/aromatic N) is 4. The van der Waals surface area contributed by atoms with Gasteiger partial charge in [-0.1, -0.05) is 25.7 Å². The first-order valence-corrected chi connectivity index (χ1v) is 10.7. The maximum absolute atomic E-state index is 12.3. The summed E-state index contributed by atoms with van der Waals surface area (Å²) in [6.45, 7) is 6.03. The summed E-state index contributed by atoms with van der Waals surface area (Å²) in [6, 6.07) is 0. The summed E-state index contributed by atoms with van der Waals surface area (Å²) in [6.07, 6.45) is 11.4. The molecule has 1 saturated heterocycles. The number of hydrogen-bond donors (Lipinski definition) is 1. The highest BCUT2D eigenvalue weighted by molar-refractivity contribution is 5.96. The van der Waals surface area contributed by atoms with Crippen molar-refractivity contribution in [3.8, 4) is 0 Å². The van der Waals surface area contributed by atoms with Crippen molar-refractivity contribution in [2.24, 2.45) is 0 Å². The minimum atomic E-state index is -0.0557. The predicted molar refractivity (Wildman–Crippen MR) is 107 cm³/mol. The molecule has 2 aliphatic heterocycles. The van der Waals surface area contributed by atoms with Crippen LogP contribution in [-0.2, 0) is 6.42 Å². The lowest BCUT2D eigenvalue weighted by atomic mass is 9.78. The van der Waals surface area contributed by atoms with Crippen LogP contribution in [0.1, 0.15) is 73.2 Å². The third-order valence-electron chi connectivity index (χ3n) is 6.68. The van der Waals surface area contributed by atoms with Gasteiger partial charge in [-0.05, 0) is 52.1 Å². The van der Waals surface area contributed by atoms with Crippen molar-refractivity contribution >= 4 is 11.7 Å². The lowest BCUT2D eigenvalue weighted by Crippen LogP contribution is -2.58. The molecule has 1 aliphatic carbocycles. The van der Waals surface area contributed by atoms with E-state index in [-0.39, 0.29) is 11.4 Å². The van der Waals surface area contributed by atoms with Crippen LogP contribution >= 0.6 is 0 Å². The quantitative estimate of drug-likeness (QED) is 0.882. The zero-order valence-corrected chi connectivity index (χ0v) is 16.9. The Hall–Kier alpha value is -1.69. The second-order valence-corrected chi connectivity index (χ2v) is 8.62. The predicted octanol–water partition coefficient (Wildman–Crippen LogP) is 2.70. The summed E-state index contributed by atoms with van der Waals surface area (Å²) in [5, 5.41) is 2.92. The molecule has 1 aromatic rings. The van der Waals surface area contributed by atoms with Crippen LogP contribution in [-0.4, -0.2) is 59.5 Å². The third-order valence-corrected chi connectivity index (χ3v) is 6.68. The fraction of sp³-hybridized carbons (Fsp3) is 0.762. The number of likely N-dealkylation sites (N-methyl/N-ethyl adjacent to an activating group) is 1. The molecule has 4 rings (SSSR count). The Labute approximate surface area is 162 Å². The largest absolute Gasteiger partial charge is 0.357 e. The normalized spacial score (nSPS) is 22.8. The molecule has 0 unspecified atom stereocenters. The van der Waals surface area contributed by atoms with Crippen molar-refractivity contribution in [3.63, 3.8) is 0 Å². The van der Waals surface area contributed by atoms with Crippen LogP contribution in [0.25, 0.3) is 0 Å². The number of piperidine rings is 1. The molecular formula is C21H33N5O. The van der Waals surface area contributed by atoms with Gasteiger partial charge in [-0.3, -0.25) is 9.69 Å². The molecule has 1 amide bonds. The van der Waals surface area contributed by atoms with Crippen molar-refractivity contribution < 1.29 is 4.79 Å². The van der Waals surface area contributed by atoms with E-state index in [2.05, 4.69) is 27.1 Å². The lowest BCUT2D eigenvalue weighted by molar-refractivity contribution is 0.0395. The van der Waals surface area contributed by atoms with Crippen molar-refractivity contribution in [3.05, 3.63) is 17.1 Å². The highest BCUT2D eigenvalue weighted by Gasteiger charge is 2.40. The maximum atomic E-state index is 12.3. The number of aryl methyl sites for hydroxylation is 1. The van der Waals surface area contributed by atoms with E-state index >= 15 is 0 Å². The van der Waals surface area contributed by atoms with E-state index in [9.17, 15) is 4.79 Å². The standard InChI is InChI=1S/C21H33N5O/c1-16-23-18-17(9-12-22-20(18)27)19(24-16)25(2)15-21(10-5-3-6-11-21)26-13-7-4-8-14-26/h3-15H2,1-2H3,(H,22,27). The number of hydrogen-bond acceptors (Lipinski definition) is 5. The maximum Gasteiger partial charge on any atom is 0.270 e. The topological polar surface area (TPSA) is 61.4 Å². The minimum absolute atomic E-state index is 0.0557. The number of aromatic nitrogens is 2. The van der Waals surface area contributed by atoms with E-state index < -0.39 is 0 Å². The van der Waals surface area contributed by atoms with E-state index in [4.69, 9.17) is 4.98 Å². The van der Waals surface area contributed by atoms with Gasteiger partial charge in [-0.25, -0.2) is 9.97 Å². The number of rotatable bonds is 4. The second kappa shape index (κ2) is 7.74. The number of fused-ring (bicyclic) bond motifs is 1. The Morgan fingerprint density at radius 1 is 1.07 bits per heavy atom. The zero-order valence-electron chi connectivity index (χ0n) is 16.9. The molecule has 3 aliphatic rings. The second-order valence-electron chi connectivity index (χ2n) is 8.62. The highest BCUT2D eigenvalue weighted by Crippen LogP contribution is 2.37. The molecular weight excluding hydrogens is 338 g/mol. The first kappa shape index (κ1) is 18.7. The van der Waals surface area contributed by atoms with Gasteiger partial charge in [-0.2, -0.15) is 0 Å². The summed E-state index contributed by atoms with van der Waals surface area (Å²) < 4.78 is 0. The monoisotopic (exact) mass is 371 g/mol. The van der Waals surface area contributed by atoms with Crippen LogP contribution in [0.2, 0.25) is 0 Å². The summed E-state index contributed by atoms with van der Waals surface area (Å²) in [5.41, 5.74) is 1.86. The molecule has 1 N–H and O–H groups in total. The summed E-state index contributed by atoms with van der Waals surface area (Å²) in [7, 11) is 2.16. The number of likely N-dealkylation sites (tertiary alicyclic amines) is 1. The molecule has 1 saturated carbocycles. The molecule has 0 radical (unpaired) electrons. The van der Waals surface area contributed by atoms with E-state index in [1.165, 1.54) is 64.5 Å². The van der Waals surface area contributed by atoms with E-state index in [0.717, 1.165) is 24.3 Å². The van der Waals surface area contributed by atoms with Gasteiger partial charge in [0.05, 0.1) is 0 Å². The van der Waals surface area contributed by atoms with E-state index in [0.29, 0.717) is 18.1 Å². The number of carbonyl (C=O) groups excluding carboxylic acids is 1. The smallest absolute Gasteiger partial charge is 0.270 e. The minimum Gasteiger partial charge on any atom is -0.357 e. The van der Waals surface area contributed by atoms with Gasteiger partial charge in [0.2, 0.25) is 0 Å². The fourth-order valence-electron chi connectivity index (χ4n) is 5.37. The Morgan fingerprint density at radius 3 is 2.52 bits per heavy atom. The van der Waals surface area contributed by atoms with Gasteiger partial charge in [-0.15, -0.1) is 0 Å². The van der Waals surface area contributed by atoms with Gasteiger partial charge < -0.3 is 10.2 Å². The van der Waals surface area contributed by atoms with Gasteiger partial charge in [0.15, 0.2) is 0 Å². The number of carbonyl (C=O) groups is 1. The fourth-order valence-corrected chi connectivity index (χ4v) is 5.37. The molecule has 0 spiro atoms. The van der Waals surface area contributed by atoms with Crippen molar-refractivity contribution in [2.75, 3.05) is 38.1 Å². The molecule has 27 heavy (non-hydrogen) atoms. The van der Waals surface area contributed by atoms with Crippen LogP contribution in [0.4, 0.5) is 5.82 Å². The van der Waals surface area contributed by atoms with Gasteiger partial charge in [0, 0.05) is 31.2 Å². The first-order chi connectivity index (χ1) is 13.1. The van der Waals surface area contributed by atoms with Crippen LogP contribution in [0.5, 0.6) is 0 Å². The molecule has 1 aromatic heterocycles. The number of nitrogens with one attached hydrogen (secondary N) is 1. The van der Waals surface area contributed by atoms with E-state index in [1.807, 2.05) is 6.92 Å². The van der Waals surface area contributed by atoms with Crippen LogP contribution in [0.15, 0.2) is 0 Å². The Balaban J connectivity index is 1.63. The summed E-state index contributed by atoms with van der Waals surface area (Å²) >= 11 is 0. The number of amides is 1. The van der Waals surface area contributed by atoms with Gasteiger partial charge in [0.25, 0.3) is 5.91 Å². The molecule has 0 aromatic carbocycles. The van der Waals surface area contributed by atoms with Gasteiger partial charge in [0.1, 0.15) is 17.3 Å². The highest BCUT2D eigenvalue weighted by atomic mass is 16.1. The first-order valence-electron chi connectivity index (χ1n) is 10.7. The van der Waals surface area contributed by atoms with Crippen LogP contribution in [0.3, 0.4) is 0 Å². The lowest BCUT2D eigenvalue weighted by Gasteiger charge is -2.50. The van der Waals surface area contributed by atoms with Crippen molar-refractivity contribution in [2.45, 2.75) is 70.3 Å². The zero-order chi connectivity index (χ0) is 18.9. The van der Waals surface area contributed by atoms with E-state index in [1.54, 1.807) is 0 Å². The molecule has 6 nitrogen and oxygen atoms in total. The summed E-state index contributed by atoms with van der Waals surface area (Å²) in [5.74, 6) is 1.59. The number of anilines is 1. The average Bonchev–Trinajstić information content (AvgIpc) is 2.69. The van der Waals surface area contributed by atoms with Crippen LogP contribution < -0.4 is 10.2 Å².